The van der Waals surface area contributed by atoms with Gasteiger partial charge in [-0.15, -0.1) is 0 Å². The summed E-state index contributed by atoms with van der Waals surface area (Å²) in [6.07, 6.45) is 3.06. The van der Waals surface area contributed by atoms with E-state index in [0.717, 1.165) is 14.8 Å². The van der Waals surface area contributed by atoms with Crippen molar-refractivity contribution < 1.29 is 9.18 Å². The molecule has 4 heteroatoms. The van der Waals surface area contributed by atoms with Crippen LogP contribution in [-0.2, 0) is 4.79 Å². The van der Waals surface area contributed by atoms with E-state index in [1.54, 1.807) is 18.2 Å². The third-order valence-corrected chi connectivity index (χ3v) is 3.13. The summed E-state index contributed by atoms with van der Waals surface area (Å²) in [6, 6.07) is 13.5. The van der Waals surface area contributed by atoms with Crippen LogP contribution < -0.4 is 5.32 Å². The minimum Gasteiger partial charge on any atom is -0.323 e. The van der Waals surface area contributed by atoms with Crippen LogP contribution >= 0.6 is 22.6 Å². The molecule has 2 aromatic carbocycles. The molecule has 0 unspecified atom stereocenters. The van der Waals surface area contributed by atoms with Crippen molar-refractivity contribution in [3.8, 4) is 0 Å². The fourth-order valence-corrected chi connectivity index (χ4v) is 1.82. The molecule has 1 N–H and O–H groups in total. The maximum atomic E-state index is 12.7. The molecule has 2 rings (SSSR count). The number of rotatable bonds is 3. The van der Waals surface area contributed by atoms with Crippen molar-refractivity contribution in [2.75, 3.05) is 5.32 Å². The second-order valence-electron chi connectivity index (χ2n) is 3.88. The smallest absolute Gasteiger partial charge is 0.248 e. The second kappa shape index (κ2) is 6.47. The molecule has 0 spiro atoms. The predicted molar refractivity (Wildman–Crippen MR) is 83.2 cm³/mol. The molecule has 2 nitrogen and oxygen atoms in total. The Balaban J connectivity index is 1.97. The van der Waals surface area contributed by atoms with Crippen LogP contribution in [0, 0.1) is 9.39 Å². The summed E-state index contributed by atoms with van der Waals surface area (Å²) < 4.78 is 13.8. The van der Waals surface area contributed by atoms with E-state index in [4.69, 9.17) is 0 Å². The Morgan fingerprint density at radius 1 is 1.05 bits per heavy atom. The van der Waals surface area contributed by atoms with Crippen LogP contribution in [0.25, 0.3) is 6.08 Å². The SMILES string of the molecule is O=C(/C=C\c1ccc(F)cc1)Nc1ccc(I)cc1. The number of amides is 1. The van der Waals surface area contributed by atoms with Gasteiger partial charge in [0.2, 0.25) is 5.91 Å². The zero-order chi connectivity index (χ0) is 13.7. The highest BCUT2D eigenvalue weighted by Gasteiger charge is 1.97. The zero-order valence-electron chi connectivity index (χ0n) is 9.94. The highest BCUT2D eigenvalue weighted by Crippen LogP contribution is 2.11. The molecule has 96 valence electrons. The summed E-state index contributed by atoms with van der Waals surface area (Å²) in [7, 11) is 0. The van der Waals surface area contributed by atoms with Gasteiger partial charge in [-0.3, -0.25) is 4.79 Å². The van der Waals surface area contributed by atoms with Crippen molar-refractivity contribution in [3.63, 3.8) is 0 Å². The number of benzene rings is 2. The van der Waals surface area contributed by atoms with Gasteiger partial charge in [-0.25, -0.2) is 4.39 Å². The maximum Gasteiger partial charge on any atom is 0.248 e. The van der Waals surface area contributed by atoms with Crippen LogP contribution in [0.3, 0.4) is 0 Å². The third kappa shape index (κ3) is 4.48. The van der Waals surface area contributed by atoms with Crippen LogP contribution in [0.15, 0.2) is 54.6 Å². The molecule has 0 aliphatic rings. The number of nitrogens with one attached hydrogen (secondary N) is 1. The summed E-state index contributed by atoms with van der Waals surface area (Å²) in [5.74, 6) is -0.508. The molecule has 0 bridgehead atoms. The number of hydrogen-bond donors (Lipinski definition) is 1. The molecule has 0 heterocycles. The molecule has 19 heavy (non-hydrogen) atoms. The molecular formula is C15H11FINO. The summed E-state index contributed by atoms with van der Waals surface area (Å²) in [4.78, 5) is 11.7. The quantitative estimate of drug-likeness (QED) is 0.643. The van der Waals surface area contributed by atoms with Crippen LogP contribution in [0.2, 0.25) is 0 Å². The topological polar surface area (TPSA) is 29.1 Å². The Morgan fingerprint density at radius 2 is 1.68 bits per heavy atom. The summed E-state index contributed by atoms with van der Waals surface area (Å²) >= 11 is 2.20. The van der Waals surface area contributed by atoms with E-state index < -0.39 is 0 Å². The summed E-state index contributed by atoms with van der Waals surface area (Å²) in [5.41, 5.74) is 1.52. The molecule has 1 amide bonds. The van der Waals surface area contributed by atoms with Gasteiger partial charge in [-0.2, -0.15) is 0 Å². The Hall–Kier alpha value is -1.69. The van der Waals surface area contributed by atoms with Crippen molar-refractivity contribution in [3.05, 3.63) is 69.6 Å². The number of anilines is 1. The van der Waals surface area contributed by atoms with Crippen molar-refractivity contribution >= 4 is 40.3 Å². The summed E-state index contributed by atoms with van der Waals surface area (Å²) in [6.45, 7) is 0. The number of halogens is 2. The fraction of sp³-hybridized carbons (Fsp3) is 0. The van der Waals surface area contributed by atoms with E-state index in [9.17, 15) is 9.18 Å². The standard InChI is InChI=1S/C15H11FINO/c16-12-4-1-11(2-5-12)3-10-15(19)18-14-8-6-13(17)7-9-14/h1-10H,(H,18,19)/b10-3-. The van der Waals surface area contributed by atoms with Crippen LogP contribution in [0.5, 0.6) is 0 Å². The van der Waals surface area contributed by atoms with Gasteiger partial charge in [0.25, 0.3) is 0 Å². The normalized spacial score (nSPS) is 10.6. The lowest BCUT2D eigenvalue weighted by Crippen LogP contribution is -2.07. The Kier molecular flexibility index (Phi) is 4.68. The second-order valence-corrected chi connectivity index (χ2v) is 5.13. The lowest BCUT2D eigenvalue weighted by molar-refractivity contribution is -0.111. The number of carbonyl (C=O) groups excluding carboxylic acids is 1. The van der Waals surface area contributed by atoms with Gasteiger partial charge >= 0.3 is 0 Å². The minimum atomic E-state index is -0.291. The molecular weight excluding hydrogens is 356 g/mol. The highest BCUT2D eigenvalue weighted by molar-refractivity contribution is 14.1. The average Bonchev–Trinajstić information content (AvgIpc) is 2.41. The molecule has 2 aromatic rings. The van der Waals surface area contributed by atoms with E-state index in [1.165, 1.54) is 18.2 Å². The van der Waals surface area contributed by atoms with Crippen molar-refractivity contribution in [2.45, 2.75) is 0 Å². The van der Waals surface area contributed by atoms with Gasteiger partial charge in [-0.05, 0) is 70.6 Å². The first-order valence-corrected chi connectivity index (χ1v) is 6.71. The number of hydrogen-bond acceptors (Lipinski definition) is 1. The molecule has 0 aliphatic carbocycles. The maximum absolute atomic E-state index is 12.7. The minimum absolute atomic E-state index is 0.217. The number of carbonyl (C=O) groups is 1. The van der Waals surface area contributed by atoms with Crippen molar-refractivity contribution in [2.24, 2.45) is 0 Å². The molecule has 0 saturated heterocycles. The highest BCUT2D eigenvalue weighted by atomic mass is 127. The first kappa shape index (κ1) is 13.7. The van der Waals surface area contributed by atoms with Gasteiger partial charge in [0, 0.05) is 15.3 Å². The van der Waals surface area contributed by atoms with Gasteiger partial charge in [0.15, 0.2) is 0 Å². The van der Waals surface area contributed by atoms with Crippen molar-refractivity contribution in [1.29, 1.82) is 0 Å². The lowest BCUT2D eigenvalue weighted by atomic mass is 10.2. The van der Waals surface area contributed by atoms with Gasteiger partial charge in [0.1, 0.15) is 5.82 Å². The van der Waals surface area contributed by atoms with Crippen LogP contribution in [0.1, 0.15) is 5.56 Å². The monoisotopic (exact) mass is 367 g/mol. The van der Waals surface area contributed by atoms with E-state index in [0.29, 0.717) is 0 Å². The third-order valence-electron chi connectivity index (χ3n) is 2.41. The molecule has 0 saturated carbocycles. The molecule has 0 atom stereocenters. The Morgan fingerprint density at radius 3 is 2.32 bits per heavy atom. The molecule has 0 aromatic heterocycles. The largest absolute Gasteiger partial charge is 0.323 e. The van der Waals surface area contributed by atoms with Gasteiger partial charge < -0.3 is 5.32 Å². The molecule has 0 fully saturated rings. The average molecular weight is 367 g/mol. The lowest BCUT2D eigenvalue weighted by Gasteiger charge is -2.01. The van der Waals surface area contributed by atoms with Crippen LogP contribution in [-0.4, -0.2) is 5.91 Å². The van der Waals surface area contributed by atoms with E-state index in [-0.39, 0.29) is 11.7 Å². The fourth-order valence-electron chi connectivity index (χ4n) is 1.46. The van der Waals surface area contributed by atoms with Gasteiger partial charge in [-0.1, -0.05) is 12.1 Å². The van der Waals surface area contributed by atoms with E-state index in [1.807, 2.05) is 24.3 Å². The molecule has 0 radical (unpaired) electrons. The Bertz CT molecular complexity index is 591. The van der Waals surface area contributed by atoms with Crippen LogP contribution in [0.4, 0.5) is 10.1 Å². The zero-order valence-corrected chi connectivity index (χ0v) is 12.1. The first-order chi connectivity index (χ1) is 9.13. The first-order valence-electron chi connectivity index (χ1n) is 5.64. The molecule has 0 aliphatic heterocycles. The van der Waals surface area contributed by atoms with Gasteiger partial charge in [0.05, 0.1) is 0 Å². The van der Waals surface area contributed by atoms with E-state index >= 15 is 0 Å². The predicted octanol–water partition coefficient (Wildman–Crippen LogP) is 4.08. The van der Waals surface area contributed by atoms with E-state index in [2.05, 4.69) is 27.9 Å². The Labute approximate surface area is 124 Å². The van der Waals surface area contributed by atoms with Crippen molar-refractivity contribution in [1.82, 2.24) is 0 Å². The summed E-state index contributed by atoms with van der Waals surface area (Å²) in [5, 5.41) is 2.75.